The summed E-state index contributed by atoms with van der Waals surface area (Å²) >= 11 is 0. The Morgan fingerprint density at radius 1 is 0.750 bits per heavy atom. The minimum Gasteiger partial charge on any atom is -0.353 e. The predicted molar refractivity (Wildman–Crippen MR) is 115 cm³/mol. The molecule has 28 heavy (non-hydrogen) atoms. The molecular formula is C22H38N4O2. The molecule has 0 radical (unpaired) electrons. The molecule has 1 aromatic rings. The van der Waals surface area contributed by atoms with Gasteiger partial charge in [-0.3, -0.25) is 19.4 Å². The van der Waals surface area contributed by atoms with Crippen molar-refractivity contribution in [1.29, 1.82) is 0 Å². The first-order chi connectivity index (χ1) is 13.2. The van der Waals surface area contributed by atoms with Crippen molar-refractivity contribution in [2.24, 2.45) is 0 Å². The number of nitrogens with zero attached hydrogens (tertiary/aromatic N) is 2. The van der Waals surface area contributed by atoms with Gasteiger partial charge in [0.05, 0.1) is 13.1 Å². The summed E-state index contributed by atoms with van der Waals surface area (Å²) in [5, 5.41) is 5.88. The van der Waals surface area contributed by atoms with Crippen LogP contribution in [0.15, 0.2) is 24.3 Å². The van der Waals surface area contributed by atoms with Gasteiger partial charge in [0.1, 0.15) is 0 Å². The second-order valence-electron chi connectivity index (χ2n) is 7.87. The van der Waals surface area contributed by atoms with Crippen molar-refractivity contribution in [1.82, 2.24) is 20.4 Å². The third-order valence-corrected chi connectivity index (χ3v) is 4.36. The number of carbonyl (C=O) groups is 2. The standard InChI is InChI=1S/C22H38N4O2/c1-7-25(15-21(27)23-17(3)4)13-19-9-11-20(12-10-19)14-26(8-2)16-22(28)24-18(5)6/h9-12,17-18H,7-8,13-16H2,1-6H3,(H,23,27)(H,24,28). The van der Waals surface area contributed by atoms with Crippen LogP contribution in [-0.2, 0) is 22.7 Å². The molecule has 0 saturated carbocycles. The lowest BCUT2D eigenvalue weighted by molar-refractivity contribution is -0.123. The Labute approximate surface area is 170 Å². The first-order valence-corrected chi connectivity index (χ1v) is 10.3. The molecule has 1 aromatic carbocycles. The second-order valence-corrected chi connectivity index (χ2v) is 7.87. The Hall–Kier alpha value is -1.92. The van der Waals surface area contributed by atoms with Gasteiger partial charge in [0.15, 0.2) is 0 Å². The van der Waals surface area contributed by atoms with E-state index >= 15 is 0 Å². The van der Waals surface area contributed by atoms with Gasteiger partial charge in [-0.05, 0) is 51.9 Å². The Morgan fingerprint density at radius 2 is 1.07 bits per heavy atom. The average Bonchev–Trinajstić information content (AvgIpc) is 2.60. The number of hydrogen-bond donors (Lipinski definition) is 2. The van der Waals surface area contributed by atoms with Crippen LogP contribution in [0.4, 0.5) is 0 Å². The van der Waals surface area contributed by atoms with Gasteiger partial charge in [-0.2, -0.15) is 0 Å². The Morgan fingerprint density at radius 3 is 1.32 bits per heavy atom. The molecule has 2 N–H and O–H groups in total. The van der Waals surface area contributed by atoms with E-state index in [2.05, 4.69) is 58.5 Å². The summed E-state index contributed by atoms with van der Waals surface area (Å²) in [7, 11) is 0. The lowest BCUT2D eigenvalue weighted by Crippen LogP contribution is -2.40. The van der Waals surface area contributed by atoms with Crippen LogP contribution in [0.5, 0.6) is 0 Å². The van der Waals surface area contributed by atoms with E-state index in [0.29, 0.717) is 13.1 Å². The van der Waals surface area contributed by atoms with Gasteiger partial charge in [-0.1, -0.05) is 38.1 Å². The van der Waals surface area contributed by atoms with Crippen LogP contribution in [0.1, 0.15) is 52.7 Å². The molecule has 6 nitrogen and oxygen atoms in total. The molecule has 0 atom stereocenters. The lowest BCUT2D eigenvalue weighted by atomic mass is 10.1. The molecule has 0 spiro atoms. The maximum absolute atomic E-state index is 12.0. The monoisotopic (exact) mass is 390 g/mol. The van der Waals surface area contributed by atoms with E-state index in [1.807, 2.05) is 27.7 Å². The Balaban J connectivity index is 2.59. The quantitative estimate of drug-likeness (QED) is 0.575. The zero-order valence-electron chi connectivity index (χ0n) is 18.4. The molecule has 0 aliphatic rings. The summed E-state index contributed by atoms with van der Waals surface area (Å²) in [5.41, 5.74) is 2.37. The van der Waals surface area contributed by atoms with Gasteiger partial charge in [-0.25, -0.2) is 0 Å². The van der Waals surface area contributed by atoms with Crippen molar-refractivity contribution in [3.63, 3.8) is 0 Å². The summed E-state index contributed by atoms with van der Waals surface area (Å²) in [6, 6.07) is 8.77. The maximum Gasteiger partial charge on any atom is 0.234 e. The minimum absolute atomic E-state index is 0.0618. The summed E-state index contributed by atoms with van der Waals surface area (Å²) in [5.74, 6) is 0.124. The average molecular weight is 391 g/mol. The van der Waals surface area contributed by atoms with Crippen molar-refractivity contribution in [2.75, 3.05) is 26.2 Å². The molecule has 2 amide bonds. The Bertz CT molecular complexity index is 546. The highest BCUT2D eigenvalue weighted by Gasteiger charge is 2.12. The molecule has 0 heterocycles. The molecule has 158 valence electrons. The van der Waals surface area contributed by atoms with E-state index in [4.69, 9.17) is 0 Å². The zero-order valence-corrected chi connectivity index (χ0v) is 18.4. The highest BCUT2D eigenvalue weighted by molar-refractivity contribution is 5.78. The van der Waals surface area contributed by atoms with E-state index in [1.165, 1.54) is 11.1 Å². The fraction of sp³-hybridized carbons (Fsp3) is 0.636. The number of benzene rings is 1. The second kappa shape index (κ2) is 12.5. The SMILES string of the molecule is CCN(CC(=O)NC(C)C)Cc1ccc(CN(CC)CC(=O)NC(C)C)cc1. The smallest absolute Gasteiger partial charge is 0.234 e. The van der Waals surface area contributed by atoms with Crippen LogP contribution < -0.4 is 10.6 Å². The molecule has 6 heteroatoms. The number of hydrogen-bond acceptors (Lipinski definition) is 4. The minimum atomic E-state index is 0.0618. The Kier molecular flexibility index (Phi) is 10.8. The normalized spacial score (nSPS) is 11.5. The van der Waals surface area contributed by atoms with E-state index in [1.54, 1.807) is 0 Å². The largest absolute Gasteiger partial charge is 0.353 e. The molecule has 0 fully saturated rings. The van der Waals surface area contributed by atoms with Gasteiger partial charge >= 0.3 is 0 Å². The van der Waals surface area contributed by atoms with Gasteiger partial charge in [0, 0.05) is 25.2 Å². The number of nitrogens with one attached hydrogen (secondary N) is 2. The molecule has 0 aliphatic heterocycles. The maximum atomic E-state index is 12.0. The third-order valence-electron chi connectivity index (χ3n) is 4.36. The molecular weight excluding hydrogens is 352 g/mol. The summed E-state index contributed by atoms with van der Waals surface area (Å²) in [6.07, 6.45) is 0. The van der Waals surface area contributed by atoms with Crippen molar-refractivity contribution in [3.05, 3.63) is 35.4 Å². The summed E-state index contributed by atoms with van der Waals surface area (Å²) < 4.78 is 0. The van der Waals surface area contributed by atoms with Crippen LogP contribution in [0.2, 0.25) is 0 Å². The van der Waals surface area contributed by atoms with Crippen molar-refractivity contribution in [2.45, 2.75) is 66.7 Å². The van der Waals surface area contributed by atoms with Gasteiger partial charge in [-0.15, -0.1) is 0 Å². The molecule has 0 aromatic heterocycles. The molecule has 1 rings (SSSR count). The fourth-order valence-corrected chi connectivity index (χ4v) is 2.97. The first kappa shape index (κ1) is 24.1. The molecule has 0 bridgehead atoms. The predicted octanol–water partition coefficient (Wildman–Crippen LogP) is 2.38. The van der Waals surface area contributed by atoms with Crippen LogP contribution in [-0.4, -0.2) is 59.9 Å². The number of rotatable bonds is 12. The topological polar surface area (TPSA) is 64.7 Å². The van der Waals surface area contributed by atoms with E-state index in [-0.39, 0.29) is 23.9 Å². The molecule has 0 unspecified atom stereocenters. The zero-order chi connectivity index (χ0) is 21.1. The van der Waals surface area contributed by atoms with Crippen molar-refractivity contribution >= 4 is 11.8 Å². The van der Waals surface area contributed by atoms with Crippen molar-refractivity contribution in [3.8, 4) is 0 Å². The van der Waals surface area contributed by atoms with Gasteiger partial charge in [0.25, 0.3) is 0 Å². The van der Waals surface area contributed by atoms with E-state index in [9.17, 15) is 9.59 Å². The fourth-order valence-electron chi connectivity index (χ4n) is 2.97. The van der Waals surface area contributed by atoms with E-state index in [0.717, 1.165) is 26.2 Å². The van der Waals surface area contributed by atoms with Crippen LogP contribution in [0.25, 0.3) is 0 Å². The number of carbonyl (C=O) groups excluding carboxylic acids is 2. The first-order valence-electron chi connectivity index (χ1n) is 10.3. The van der Waals surface area contributed by atoms with Gasteiger partial charge in [0.2, 0.25) is 11.8 Å². The third kappa shape index (κ3) is 9.85. The summed E-state index contributed by atoms with van der Waals surface area (Å²) in [6.45, 7) is 16.0. The summed E-state index contributed by atoms with van der Waals surface area (Å²) in [4.78, 5) is 28.2. The molecule has 0 saturated heterocycles. The van der Waals surface area contributed by atoms with E-state index < -0.39 is 0 Å². The molecule has 0 aliphatic carbocycles. The van der Waals surface area contributed by atoms with Gasteiger partial charge < -0.3 is 10.6 Å². The number of amides is 2. The van der Waals surface area contributed by atoms with Crippen LogP contribution >= 0.6 is 0 Å². The highest BCUT2D eigenvalue weighted by atomic mass is 16.2. The van der Waals surface area contributed by atoms with Crippen LogP contribution in [0, 0.1) is 0 Å². The van der Waals surface area contributed by atoms with Crippen molar-refractivity contribution < 1.29 is 9.59 Å². The van der Waals surface area contributed by atoms with Crippen LogP contribution in [0.3, 0.4) is 0 Å². The number of likely N-dealkylation sites (N-methyl/N-ethyl adjacent to an activating group) is 2. The lowest BCUT2D eigenvalue weighted by Gasteiger charge is -2.22. The highest BCUT2D eigenvalue weighted by Crippen LogP contribution is 2.10.